The van der Waals surface area contributed by atoms with Crippen LogP contribution in [-0.4, -0.2) is 12.8 Å². The molecule has 1 aliphatic rings. The van der Waals surface area contributed by atoms with Crippen molar-refractivity contribution in [3.05, 3.63) is 0 Å². The van der Waals surface area contributed by atoms with Gasteiger partial charge in [0.05, 0.1) is 0 Å². The molecule has 0 N–H and O–H groups in total. The summed E-state index contributed by atoms with van der Waals surface area (Å²) in [5.74, 6) is 1.57. The maximum Gasteiger partial charge on any atom is 0.0391 e. The van der Waals surface area contributed by atoms with Crippen molar-refractivity contribution in [1.82, 2.24) is 0 Å². The fraction of sp³-hybridized carbons (Fsp3) is 0.857. The quantitative estimate of drug-likeness (QED) is 0.488. The van der Waals surface area contributed by atoms with Gasteiger partial charge in [-0.3, -0.25) is 4.99 Å². The lowest BCUT2D eigenvalue weighted by Crippen LogP contribution is -2.05. The summed E-state index contributed by atoms with van der Waals surface area (Å²) in [4.78, 5) is 4.16. The molecule has 1 aliphatic heterocycles. The summed E-state index contributed by atoms with van der Waals surface area (Å²) in [6.45, 7) is 5.56. The molecule has 1 rings (SSSR count). The van der Waals surface area contributed by atoms with Crippen LogP contribution in [-0.2, 0) is 0 Å². The average molecular weight is 111 g/mol. The van der Waals surface area contributed by atoms with Crippen LogP contribution in [0.2, 0.25) is 0 Å². The van der Waals surface area contributed by atoms with E-state index >= 15 is 0 Å². The summed E-state index contributed by atoms with van der Waals surface area (Å²) in [5, 5.41) is 0. The zero-order valence-corrected chi connectivity index (χ0v) is 5.59. The van der Waals surface area contributed by atoms with Crippen LogP contribution in [0, 0.1) is 11.8 Å². The van der Waals surface area contributed by atoms with Gasteiger partial charge in [-0.2, -0.15) is 0 Å². The Morgan fingerprint density at radius 3 is 2.62 bits per heavy atom. The maximum absolute atomic E-state index is 4.16. The minimum absolute atomic E-state index is 0.773. The van der Waals surface area contributed by atoms with Gasteiger partial charge in [0.15, 0.2) is 0 Å². The molecule has 1 atom stereocenters. The van der Waals surface area contributed by atoms with Crippen LogP contribution in [0.5, 0.6) is 0 Å². The molecular formula is C7H13N. The van der Waals surface area contributed by atoms with Crippen LogP contribution < -0.4 is 0 Å². The largest absolute Gasteiger partial charge is 0.297 e. The van der Waals surface area contributed by atoms with Gasteiger partial charge in [-0.15, -0.1) is 0 Å². The van der Waals surface area contributed by atoms with Crippen LogP contribution in [0.15, 0.2) is 4.99 Å². The van der Waals surface area contributed by atoms with E-state index in [4.69, 9.17) is 0 Å². The number of hydrogen-bond acceptors (Lipinski definition) is 1. The highest BCUT2D eigenvalue weighted by Gasteiger charge is 2.12. The van der Waals surface area contributed by atoms with E-state index in [0.29, 0.717) is 0 Å². The highest BCUT2D eigenvalue weighted by molar-refractivity contribution is 5.62. The molecule has 0 amide bonds. The van der Waals surface area contributed by atoms with Crippen LogP contribution in [0.25, 0.3) is 0 Å². The second-order valence-corrected chi connectivity index (χ2v) is 2.75. The SMILES string of the molecule is CC(C)C1C=NCC1. The standard InChI is InChI=1S/C7H13N/c1-6(2)7-3-4-8-5-7/h5-7H,3-4H2,1-2H3. The molecule has 0 aromatic rings. The van der Waals surface area contributed by atoms with Gasteiger partial charge in [0.1, 0.15) is 0 Å². The Kier molecular flexibility index (Phi) is 1.66. The first-order chi connectivity index (χ1) is 3.80. The van der Waals surface area contributed by atoms with E-state index in [1.807, 2.05) is 0 Å². The van der Waals surface area contributed by atoms with Crippen molar-refractivity contribution in [3.63, 3.8) is 0 Å². The molecular weight excluding hydrogens is 98.1 g/mol. The maximum atomic E-state index is 4.16. The van der Waals surface area contributed by atoms with Gasteiger partial charge < -0.3 is 0 Å². The van der Waals surface area contributed by atoms with Crippen molar-refractivity contribution < 1.29 is 0 Å². The Hall–Kier alpha value is -0.330. The summed E-state index contributed by atoms with van der Waals surface area (Å²) in [6, 6.07) is 0. The smallest absolute Gasteiger partial charge is 0.0391 e. The van der Waals surface area contributed by atoms with Crippen LogP contribution in [0.3, 0.4) is 0 Å². The van der Waals surface area contributed by atoms with E-state index < -0.39 is 0 Å². The zero-order valence-electron chi connectivity index (χ0n) is 5.59. The highest BCUT2D eigenvalue weighted by Crippen LogP contribution is 2.16. The van der Waals surface area contributed by atoms with Crippen molar-refractivity contribution in [2.75, 3.05) is 6.54 Å². The van der Waals surface area contributed by atoms with E-state index in [0.717, 1.165) is 18.4 Å². The molecule has 0 spiro atoms. The van der Waals surface area contributed by atoms with Gasteiger partial charge in [0.2, 0.25) is 0 Å². The number of hydrogen-bond donors (Lipinski definition) is 0. The molecule has 0 radical (unpaired) electrons. The third-order valence-corrected chi connectivity index (χ3v) is 1.74. The summed E-state index contributed by atoms with van der Waals surface area (Å²) < 4.78 is 0. The van der Waals surface area contributed by atoms with Crippen LogP contribution >= 0.6 is 0 Å². The van der Waals surface area contributed by atoms with Gasteiger partial charge in [-0.25, -0.2) is 0 Å². The van der Waals surface area contributed by atoms with Crippen molar-refractivity contribution in [1.29, 1.82) is 0 Å². The van der Waals surface area contributed by atoms with Crippen molar-refractivity contribution in [2.24, 2.45) is 16.8 Å². The van der Waals surface area contributed by atoms with Gasteiger partial charge in [0.25, 0.3) is 0 Å². The van der Waals surface area contributed by atoms with Crippen molar-refractivity contribution in [3.8, 4) is 0 Å². The van der Waals surface area contributed by atoms with Crippen molar-refractivity contribution >= 4 is 6.21 Å². The van der Waals surface area contributed by atoms with Crippen molar-refractivity contribution in [2.45, 2.75) is 20.3 Å². The Morgan fingerprint density at radius 2 is 2.38 bits per heavy atom. The molecule has 0 fully saturated rings. The first-order valence-electron chi connectivity index (χ1n) is 3.30. The highest BCUT2D eigenvalue weighted by atomic mass is 14.7. The zero-order chi connectivity index (χ0) is 5.98. The Morgan fingerprint density at radius 1 is 1.62 bits per heavy atom. The number of nitrogens with zero attached hydrogens (tertiary/aromatic N) is 1. The molecule has 46 valence electrons. The molecule has 1 nitrogen and oxygen atoms in total. The number of aliphatic imine (C=N–C) groups is 1. The predicted octanol–water partition coefficient (Wildman–Crippen LogP) is 1.73. The second-order valence-electron chi connectivity index (χ2n) is 2.75. The lowest BCUT2D eigenvalue weighted by Gasteiger charge is -2.08. The molecule has 0 saturated carbocycles. The van der Waals surface area contributed by atoms with Crippen LogP contribution in [0.1, 0.15) is 20.3 Å². The first kappa shape index (κ1) is 5.80. The molecule has 0 saturated heterocycles. The topological polar surface area (TPSA) is 12.4 Å². The minimum Gasteiger partial charge on any atom is -0.297 e. The fourth-order valence-electron chi connectivity index (χ4n) is 1.01. The lowest BCUT2D eigenvalue weighted by molar-refractivity contribution is 0.497. The molecule has 8 heavy (non-hydrogen) atoms. The molecule has 1 unspecified atom stereocenters. The molecule has 1 heteroatoms. The van der Waals surface area contributed by atoms with Gasteiger partial charge in [-0.05, 0) is 18.3 Å². The molecule has 0 aliphatic carbocycles. The van der Waals surface area contributed by atoms with E-state index in [1.54, 1.807) is 0 Å². The van der Waals surface area contributed by atoms with Crippen LogP contribution in [0.4, 0.5) is 0 Å². The molecule has 0 aromatic carbocycles. The second kappa shape index (κ2) is 2.29. The monoisotopic (exact) mass is 111 g/mol. The third-order valence-electron chi connectivity index (χ3n) is 1.74. The normalized spacial score (nSPS) is 27.6. The van der Waals surface area contributed by atoms with E-state index in [9.17, 15) is 0 Å². The summed E-state index contributed by atoms with van der Waals surface area (Å²) >= 11 is 0. The Balaban J connectivity index is 2.36. The minimum atomic E-state index is 0.773. The first-order valence-corrected chi connectivity index (χ1v) is 3.30. The Labute approximate surface area is 50.8 Å². The Bertz CT molecular complexity index is 94.6. The van der Waals surface area contributed by atoms with E-state index in [1.165, 1.54) is 6.42 Å². The summed E-state index contributed by atoms with van der Waals surface area (Å²) in [7, 11) is 0. The van der Waals surface area contributed by atoms with E-state index in [2.05, 4.69) is 25.1 Å². The van der Waals surface area contributed by atoms with Gasteiger partial charge >= 0.3 is 0 Å². The average Bonchev–Trinajstić information content (AvgIpc) is 2.12. The summed E-state index contributed by atoms with van der Waals surface area (Å²) in [6.07, 6.45) is 3.38. The molecule has 0 bridgehead atoms. The van der Waals surface area contributed by atoms with Gasteiger partial charge in [0, 0.05) is 12.8 Å². The molecule has 1 heterocycles. The lowest BCUT2D eigenvalue weighted by atomic mass is 9.96. The molecule has 0 aromatic heterocycles. The third kappa shape index (κ3) is 1.09. The van der Waals surface area contributed by atoms with E-state index in [-0.39, 0.29) is 0 Å². The summed E-state index contributed by atoms with van der Waals surface area (Å²) in [5.41, 5.74) is 0. The number of rotatable bonds is 1. The predicted molar refractivity (Wildman–Crippen MR) is 36.3 cm³/mol. The fourth-order valence-corrected chi connectivity index (χ4v) is 1.01. The van der Waals surface area contributed by atoms with Gasteiger partial charge in [-0.1, -0.05) is 13.8 Å².